The summed E-state index contributed by atoms with van der Waals surface area (Å²) in [6.07, 6.45) is 1.40. The van der Waals surface area contributed by atoms with Crippen molar-refractivity contribution in [2.24, 2.45) is 0 Å². The summed E-state index contributed by atoms with van der Waals surface area (Å²) < 4.78 is 36.3. The summed E-state index contributed by atoms with van der Waals surface area (Å²) in [5.41, 5.74) is 1.11. The quantitative estimate of drug-likeness (QED) is 0.401. The summed E-state index contributed by atoms with van der Waals surface area (Å²) >= 11 is 0. The van der Waals surface area contributed by atoms with Crippen LogP contribution in [0.15, 0.2) is 18.2 Å². The molecular weight excluding hydrogens is 324 g/mol. The van der Waals surface area contributed by atoms with Gasteiger partial charge in [0.25, 0.3) is 5.69 Å². The Morgan fingerprint density at radius 3 is 2.78 bits per heavy atom. The van der Waals surface area contributed by atoms with E-state index in [2.05, 4.69) is 0 Å². The molecule has 0 aliphatic carbocycles. The number of hydrogen-bond donors (Lipinski definition) is 0. The standard InChI is InChI=1S/C14H20N2O6S/c1-21-7-8-22-9-10-23(19,20)15-6-2-3-12-4-5-13(16(17)18)11-14(12)15/h4-5,11H,2-3,6-10H2,1H3. The Kier molecular flexibility index (Phi) is 5.91. The van der Waals surface area contributed by atoms with Crippen LogP contribution in [0.4, 0.5) is 11.4 Å². The van der Waals surface area contributed by atoms with Gasteiger partial charge >= 0.3 is 0 Å². The van der Waals surface area contributed by atoms with Gasteiger partial charge in [0.05, 0.1) is 36.2 Å². The molecule has 0 unspecified atom stereocenters. The van der Waals surface area contributed by atoms with Crippen LogP contribution < -0.4 is 4.31 Å². The maximum Gasteiger partial charge on any atom is 0.271 e. The van der Waals surface area contributed by atoms with Gasteiger partial charge in [-0.3, -0.25) is 14.4 Å². The first-order valence-electron chi connectivity index (χ1n) is 7.30. The van der Waals surface area contributed by atoms with Crippen molar-refractivity contribution in [1.29, 1.82) is 0 Å². The lowest BCUT2D eigenvalue weighted by Crippen LogP contribution is -2.38. The van der Waals surface area contributed by atoms with E-state index in [4.69, 9.17) is 9.47 Å². The van der Waals surface area contributed by atoms with Crippen LogP contribution in [0.5, 0.6) is 0 Å². The fourth-order valence-corrected chi connectivity index (χ4v) is 3.88. The molecule has 0 aromatic heterocycles. The van der Waals surface area contributed by atoms with Gasteiger partial charge in [-0.1, -0.05) is 6.07 Å². The van der Waals surface area contributed by atoms with Crippen molar-refractivity contribution in [3.63, 3.8) is 0 Å². The Morgan fingerprint density at radius 1 is 1.30 bits per heavy atom. The lowest BCUT2D eigenvalue weighted by Gasteiger charge is -2.30. The summed E-state index contributed by atoms with van der Waals surface area (Å²) in [5.74, 6) is -0.168. The molecule has 0 spiro atoms. The molecular formula is C14H20N2O6S. The number of anilines is 1. The number of fused-ring (bicyclic) bond motifs is 1. The highest BCUT2D eigenvalue weighted by molar-refractivity contribution is 7.92. The van der Waals surface area contributed by atoms with E-state index in [1.54, 1.807) is 6.07 Å². The van der Waals surface area contributed by atoms with Crippen LogP contribution >= 0.6 is 0 Å². The number of sulfonamides is 1. The molecule has 23 heavy (non-hydrogen) atoms. The van der Waals surface area contributed by atoms with Crippen LogP contribution in [-0.2, 0) is 25.9 Å². The molecule has 1 aromatic carbocycles. The van der Waals surface area contributed by atoms with Crippen molar-refractivity contribution < 1.29 is 22.8 Å². The zero-order chi connectivity index (χ0) is 16.9. The average molecular weight is 344 g/mol. The van der Waals surface area contributed by atoms with Gasteiger partial charge in [0, 0.05) is 25.8 Å². The predicted molar refractivity (Wildman–Crippen MR) is 85.2 cm³/mol. The molecule has 8 nitrogen and oxygen atoms in total. The molecule has 0 radical (unpaired) electrons. The second-order valence-corrected chi connectivity index (χ2v) is 7.18. The van der Waals surface area contributed by atoms with Crippen molar-refractivity contribution in [2.45, 2.75) is 12.8 Å². The van der Waals surface area contributed by atoms with E-state index in [0.29, 0.717) is 38.3 Å². The number of nitrogens with zero attached hydrogens (tertiary/aromatic N) is 2. The third-order valence-electron chi connectivity index (χ3n) is 3.61. The van der Waals surface area contributed by atoms with Crippen molar-refractivity contribution in [3.05, 3.63) is 33.9 Å². The lowest BCUT2D eigenvalue weighted by molar-refractivity contribution is -0.384. The number of nitro groups is 1. The Labute approximate surface area is 135 Å². The number of ether oxygens (including phenoxy) is 2. The van der Waals surface area contributed by atoms with E-state index in [1.165, 1.54) is 23.5 Å². The number of nitro benzene ring substituents is 1. The van der Waals surface area contributed by atoms with Crippen LogP contribution in [0.3, 0.4) is 0 Å². The Balaban J connectivity index is 2.14. The van der Waals surface area contributed by atoms with Gasteiger partial charge in [0.1, 0.15) is 0 Å². The lowest BCUT2D eigenvalue weighted by atomic mass is 10.0. The Morgan fingerprint density at radius 2 is 2.09 bits per heavy atom. The van der Waals surface area contributed by atoms with E-state index >= 15 is 0 Å². The highest BCUT2D eigenvalue weighted by atomic mass is 32.2. The van der Waals surface area contributed by atoms with E-state index in [0.717, 1.165) is 5.56 Å². The highest BCUT2D eigenvalue weighted by Gasteiger charge is 2.28. The monoisotopic (exact) mass is 344 g/mol. The van der Waals surface area contributed by atoms with Crippen LogP contribution in [0.1, 0.15) is 12.0 Å². The summed E-state index contributed by atoms with van der Waals surface area (Å²) in [7, 11) is -2.04. The van der Waals surface area contributed by atoms with Gasteiger partial charge in [-0.2, -0.15) is 0 Å². The molecule has 1 heterocycles. The van der Waals surface area contributed by atoms with Crippen LogP contribution in [0.2, 0.25) is 0 Å². The van der Waals surface area contributed by atoms with Gasteiger partial charge in [-0.05, 0) is 18.4 Å². The van der Waals surface area contributed by atoms with Gasteiger partial charge < -0.3 is 9.47 Å². The van der Waals surface area contributed by atoms with E-state index in [9.17, 15) is 18.5 Å². The average Bonchev–Trinajstić information content (AvgIpc) is 2.53. The van der Waals surface area contributed by atoms with Gasteiger partial charge in [0.2, 0.25) is 10.0 Å². The number of rotatable bonds is 8. The third-order valence-corrected chi connectivity index (χ3v) is 5.34. The topological polar surface area (TPSA) is 99.0 Å². The van der Waals surface area contributed by atoms with Crippen LogP contribution in [-0.4, -0.2) is 52.6 Å². The third kappa shape index (κ3) is 4.40. The van der Waals surface area contributed by atoms with E-state index in [-0.39, 0.29) is 18.0 Å². The molecule has 1 aromatic rings. The minimum absolute atomic E-state index is 0.0620. The zero-order valence-electron chi connectivity index (χ0n) is 12.9. The molecule has 0 saturated carbocycles. The maximum atomic E-state index is 12.5. The molecule has 9 heteroatoms. The first kappa shape index (κ1) is 17.6. The number of hydrogen-bond acceptors (Lipinski definition) is 6. The number of non-ortho nitro benzene ring substituents is 1. The van der Waals surface area contributed by atoms with Crippen LogP contribution in [0, 0.1) is 10.1 Å². The fraction of sp³-hybridized carbons (Fsp3) is 0.571. The molecule has 2 rings (SSSR count). The Hall–Kier alpha value is -1.71. The highest BCUT2D eigenvalue weighted by Crippen LogP contribution is 2.32. The first-order chi connectivity index (χ1) is 11.0. The largest absolute Gasteiger partial charge is 0.382 e. The molecule has 0 N–H and O–H groups in total. The minimum atomic E-state index is -3.58. The second kappa shape index (κ2) is 7.71. The molecule has 0 fully saturated rings. The van der Waals surface area contributed by atoms with Crippen molar-refractivity contribution in [3.8, 4) is 0 Å². The summed E-state index contributed by atoms with van der Waals surface area (Å²) in [5, 5.41) is 10.9. The van der Waals surface area contributed by atoms with E-state index < -0.39 is 14.9 Å². The molecule has 0 bridgehead atoms. The van der Waals surface area contributed by atoms with Gasteiger partial charge in [-0.25, -0.2) is 8.42 Å². The van der Waals surface area contributed by atoms with Crippen molar-refractivity contribution in [2.75, 3.05) is 43.5 Å². The number of benzene rings is 1. The summed E-state index contributed by atoms with van der Waals surface area (Å²) in [6.45, 7) is 1.12. The molecule has 0 amide bonds. The molecule has 128 valence electrons. The van der Waals surface area contributed by atoms with E-state index in [1.807, 2.05) is 0 Å². The maximum absolute atomic E-state index is 12.5. The van der Waals surface area contributed by atoms with Gasteiger partial charge in [-0.15, -0.1) is 0 Å². The molecule has 0 atom stereocenters. The van der Waals surface area contributed by atoms with Crippen LogP contribution in [0.25, 0.3) is 0 Å². The van der Waals surface area contributed by atoms with Gasteiger partial charge in [0.15, 0.2) is 0 Å². The summed E-state index contributed by atoms with van der Waals surface area (Å²) in [6, 6.07) is 4.37. The predicted octanol–water partition coefficient (Wildman–Crippen LogP) is 1.34. The number of methoxy groups -OCH3 is 1. The summed E-state index contributed by atoms with van der Waals surface area (Å²) in [4.78, 5) is 10.4. The smallest absolute Gasteiger partial charge is 0.271 e. The fourth-order valence-electron chi connectivity index (χ4n) is 2.45. The molecule has 0 saturated heterocycles. The van der Waals surface area contributed by atoms with Crippen molar-refractivity contribution >= 4 is 21.4 Å². The first-order valence-corrected chi connectivity index (χ1v) is 8.91. The zero-order valence-corrected chi connectivity index (χ0v) is 13.8. The number of aryl methyl sites for hydroxylation is 1. The molecule has 1 aliphatic rings. The molecule has 1 aliphatic heterocycles. The minimum Gasteiger partial charge on any atom is -0.382 e. The normalized spacial score (nSPS) is 14.6. The SMILES string of the molecule is COCCOCCS(=O)(=O)N1CCCc2ccc([N+](=O)[O-])cc21. The Bertz CT molecular complexity index is 661. The second-order valence-electron chi connectivity index (χ2n) is 5.17. The van der Waals surface area contributed by atoms with Crippen molar-refractivity contribution in [1.82, 2.24) is 0 Å².